The van der Waals surface area contributed by atoms with E-state index in [0.29, 0.717) is 11.9 Å². The molecule has 134 valence electrons. The summed E-state index contributed by atoms with van der Waals surface area (Å²) in [4.78, 5) is 7.10. The van der Waals surface area contributed by atoms with E-state index in [1.54, 1.807) is 0 Å². The van der Waals surface area contributed by atoms with Crippen molar-refractivity contribution in [2.24, 2.45) is 16.6 Å². The van der Waals surface area contributed by atoms with E-state index in [0.717, 1.165) is 18.8 Å². The number of hydrogen-bond acceptors (Lipinski definition) is 2. The lowest BCUT2D eigenvalue weighted by atomic mass is 10.1. The Labute approximate surface area is 163 Å². The zero-order valence-corrected chi connectivity index (χ0v) is 17.1. The minimum Gasteiger partial charge on any atom is -0.370 e. The van der Waals surface area contributed by atoms with E-state index >= 15 is 0 Å². The van der Waals surface area contributed by atoms with Gasteiger partial charge in [-0.3, -0.25) is 4.99 Å². The smallest absolute Gasteiger partial charge is 0.193 e. The van der Waals surface area contributed by atoms with Crippen LogP contribution in [0.2, 0.25) is 0 Å². The molecule has 0 bridgehead atoms. The Morgan fingerprint density at radius 1 is 1.17 bits per heavy atom. The van der Waals surface area contributed by atoms with E-state index in [1.807, 2.05) is 0 Å². The highest BCUT2D eigenvalue weighted by atomic mass is 127. The van der Waals surface area contributed by atoms with Gasteiger partial charge in [-0.15, -0.1) is 24.0 Å². The number of rotatable bonds is 5. The Balaban J connectivity index is 0.00000208. The van der Waals surface area contributed by atoms with Crippen molar-refractivity contribution in [3.63, 3.8) is 0 Å². The second-order valence-corrected chi connectivity index (χ2v) is 7.15. The molecule has 1 unspecified atom stereocenters. The maximum absolute atomic E-state index is 6.06. The molecule has 0 spiro atoms. The average Bonchev–Trinajstić information content (AvgIpc) is 3.01. The molecule has 3 N–H and O–H groups in total. The molecule has 1 aromatic carbocycles. The topological polar surface area (TPSA) is 53.6 Å². The van der Waals surface area contributed by atoms with Gasteiger partial charge in [0.1, 0.15) is 0 Å². The van der Waals surface area contributed by atoms with Crippen molar-refractivity contribution in [3.05, 3.63) is 29.3 Å². The molecule has 24 heavy (non-hydrogen) atoms. The molecule has 0 saturated carbocycles. The number of nitrogens with one attached hydrogen (secondary N) is 1. The van der Waals surface area contributed by atoms with Gasteiger partial charge in [0.25, 0.3) is 0 Å². The number of hydrogen-bond donors (Lipinski definition) is 2. The Hall–Kier alpha value is -0.820. The van der Waals surface area contributed by atoms with Crippen molar-refractivity contribution in [1.29, 1.82) is 0 Å². The second-order valence-electron chi connectivity index (χ2n) is 7.15. The number of guanidine groups is 1. The SMILES string of the molecule is CC(CN=C(N)Nc1ccc2c(c1)CCC2)CN1CCCCC1.I. The Morgan fingerprint density at radius 2 is 1.92 bits per heavy atom. The molecule has 1 atom stereocenters. The molecule has 5 heteroatoms. The van der Waals surface area contributed by atoms with Crippen molar-refractivity contribution in [2.45, 2.75) is 45.4 Å². The number of aryl methyl sites for hydroxylation is 2. The number of nitrogens with two attached hydrogens (primary N) is 1. The molecule has 0 aromatic heterocycles. The summed E-state index contributed by atoms with van der Waals surface area (Å²) in [6.07, 6.45) is 7.76. The first-order valence-corrected chi connectivity index (χ1v) is 9.12. The first kappa shape index (κ1) is 19.5. The number of likely N-dealkylation sites (tertiary alicyclic amines) is 1. The quantitative estimate of drug-likeness (QED) is 0.416. The first-order valence-electron chi connectivity index (χ1n) is 9.12. The zero-order valence-electron chi connectivity index (χ0n) is 14.8. The molecule has 0 amide bonds. The summed E-state index contributed by atoms with van der Waals surface area (Å²) in [6, 6.07) is 6.56. The van der Waals surface area contributed by atoms with Crippen LogP contribution in [0.25, 0.3) is 0 Å². The second kappa shape index (κ2) is 9.61. The van der Waals surface area contributed by atoms with E-state index in [9.17, 15) is 0 Å². The first-order chi connectivity index (χ1) is 11.2. The number of nitrogens with zero attached hydrogens (tertiary/aromatic N) is 2. The van der Waals surface area contributed by atoms with Gasteiger partial charge in [0, 0.05) is 18.8 Å². The summed E-state index contributed by atoms with van der Waals surface area (Å²) in [5.41, 5.74) is 10.1. The fourth-order valence-corrected chi connectivity index (χ4v) is 3.73. The molecule has 1 saturated heterocycles. The van der Waals surface area contributed by atoms with Crippen LogP contribution < -0.4 is 11.1 Å². The zero-order chi connectivity index (χ0) is 16.1. The van der Waals surface area contributed by atoms with Crippen LogP contribution in [0.3, 0.4) is 0 Å². The standard InChI is InChI=1S/C19H30N4.HI/c1-15(14-23-10-3-2-4-11-23)13-21-19(20)22-18-9-8-16-6-5-7-17(16)12-18;/h8-9,12,15H,2-7,10-11,13-14H2,1H3,(H3,20,21,22);1H. The third kappa shape index (κ3) is 5.62. The van der Waals surface area contributed by atoms with Gasteiger partial charge in [0.15, 0.2) is 5.96 Å². The highest BCUT2D eigenvalue weighted by Gasteiger charge is 2.13. The Morgan fingerprint density at radius 3 is 2.71 bits per heavy atom. The summed E-state index contributed by atoms with van der Waals surface area (Å²) >= 11 is 0. The normalized spacial score (nSPS) is 19.5. The molecule has 3 rings (SSSR count). The van der Waals surface area contributed by atoms with Crippen LogP contribution in [0.15, 0.2) is 23.2 Å². The molecule has 1 fully saturated rings. The maximum atomic E-state index is 6.06. The van der Waals surface area contributed by atoms with Crippen LogP contribution in [0, 0.1) is 5.92 Å². The molecule has 1 aromatic rings. The Bertz CT molecular complexity index is 552. The largest absolute Gasteiger partial charge is 0.370 e. The van der Waals surface area contributed by atoms with Crippen LogP contribution >= 0.6 is 24.0 Å². The van der Waals surface area contributed by atoms with Gasteiger partial charge in [0.05, 0.1) is 0 Å². The monoisotopic (exact) mass is 442 g/mol. The van der Waals surface area contributed by atoms with E-state index < -0.39 is 0 Å². The lowest BCUT2D eigenvalue weighted by Crippen LogP contribution is -2.34. The molecule has 4 nitrogen and oxygen atoms in total. The van der Waals surface area contributed by atoms with E-state index in [2.05, 4.69) is 40.3 Å². The summed E-state index contributed by atoms with van der Waals surface area (Å²) < 4.78 is 0. The molecule has 1 aliphatic carbocycles. The van der Waals surface area contributed by atoms with Crippen LogP contribution in [-0.4, -0.2) is 37.0 Å². The molecule has 1 aliphatic heterocycles. The molecule has 1 heterocycles. The Kier molecular flexibility index (Phi) is 7.81. The lowest BCUT2D eigenvalue weighted by molar-refractivity contribution is 0.203. The highest BCUT2D eigenvalue weighted by Crippen LogP contribution is 2.24. The summed E-state index contributed by atoms with van der Waals surface area (Å²) in [7, 11) is 0. The van der Waals surface area contributed by atoms with Gasteiger partial charge in [0.2, 0.25) is 0 Å². The number of piperidine rings is 1. The summed E-state index contributed by atoms with van der Waals surface area (Å²) in [5.74, 6) is 1.09. The number of aliphatic imine (C=N–C) groups is 1. The predicted octanol–water partition coefficient (Wildman–Crippen LogP) is 3.64. The molecule has 0 radical (unpaired) electrons. The fourth-order valence-electron chi connectivity index (χ4n) is 3.73. The predicted molar refractivity (Wildman–Crippen MR) is 113 cm³/mol. The van der Waals surface area contributed by atoms with Gasteiger partial charge in [-0.1, -0.05) is 19.4 Å². The third-order valence-electron chi connectivity index (χ3n) is 4.96. The summed E-state index contributed by atoms with van der Waals surface area (Å²) in [6.45, 7) is 6.69. The van der Waals surface area contributed by atoms with Crippen molar-refractivity contribution in [1.82, 2.24) is 4.90 Å². The van der Waals surface area contributed by atoms with Gasteiger partial charge < -0.3 is 16.0 Å². The number of fused-ring (bicyclic) bond motifs is 1. The number of anilines is 1. The van der Waals surface area contributed by atoms with Crippen LogP contribution in [0.5, 0.6) is 0 Å². The van der Waals surface area contributed by atoms with E-state index in [-0.39, 0.29) is 24.0 Å². The van der Waals surface area contributed by atoms with Crippen molar-refractivity contribution >= 4 is 35.6 Å². The van der Waals surface area contributed by atoms with Crippen LogP contribution in [-0.2, 0) is 12.8 Å². The molecule has 2 aliphatic rings. The summed E-state index contributed by atoms with van der Waals surface area (Å²) in [5, 5.41) is 3.24. The van der Waals surface area contributed by atoms with Gasteiger partial charge in [-0.25, -0.2) is 0 Å². The van der Waals surface area contributed by atoms with Crippen molar-refractivity contribution in [3.8, 4) is 0 Å². The number of benzene rings is 1. The minimum atomic E-state index is 0. The lowest BCUT2D eigenvalue weighted by Gasteiger charge is -2.28. The minimum absolute atomic E-state index is 0. The van der Waals surface area contributed by atoms with E-state index in [1.165, 1.54) is 62.7 Å². The van der Waals surface area contributed by atoms with Crippen molar-refractivity contribution < 1.29 is 0 Å². The number of halogens is 1. The maximum Gasteiger partial charge on any atom is 0.193 e. The van der Waals surface area contributed by atoms with Crippen LogP contribution in [0.1, 0.15) is 43.7 Å². The third-order valence-corrected chi connectivity index (χ3v) is 4.96. The van der Waals surface area contributed by atoms with Gasteiger partial charge in [-0.05, 0) is 74.4 Å². The fraction of sp³-hybridized carbons (Fsp3) is 0.632. The highest BCUT2D eigenvalue weighted by molar-refractivity contribution is 14.0. The van der Waals surface area contributed by atoms with Crippen molar-refractivity contribution in [2.75, 3.05) is 31.5 Å². The van der Waals surface area contributed by atoms with Gasteiger partial charge >= 0.3 is 0 Å². The van der Waals surface area contributed by atoms with Gasteiger partial charge in [-0.2, -0.15) is 0 Å². The molecular weight excluding hydrogens is 411 g/mol. The molecular formula is C19H31IN4. The average molecular weight is 442 g/mol. The van der Waals surface area contributed by atoms with E-state index in [4.69, 9.17) is 5.73 Å². The van der Waals surface area contributed by atoms with Crippen LogP contribution in [0.4, 0.5) is 5.69 Å².